The van der Waals surface area contributed by atoms with Crippen LogP contribution in [0.2, 0.25) is 0 Å². The molecule has 0 aromatic heterocycles. The number of carbonyl (C=O) groups is 2. The maximum absolute atomic E-state index is 12.2. The highest BCUT2D eigenvalue weighted by atomic mass is 16.5. The molecule has 0 heterocycles. The Bertz CT molecular complexity index is 723. The summed E-state index contributed by atoms with van der Waals surface area (Å²) >= 11 is 0. The van der Waals surface area contributed by atoms with Crippen LogP contribution in [-0.4, -0.2) is 38.4 Å². The van der Waals surface area contributed by atoms with Gasteiger partial charge in [-0.1, -0.05) is 6.07 Å². The Morgan fingerprint density at radius 3 is 2.27 bits per heavy atom. The number of ether oxygens (including phenoxy) is 4. The molecule has 6 nitrogen and oxygen atoms in total. The molecule has 0 amide bonds. The fourth-order valence-corrected chi connectivity index (χ4v) is 2.12. The lowest BCUT2D eigenvalue weighted by Gasteiger charge is -2.08. The molecule has 2 rings (SSSR count). The number of carbonyl (C=O) groups excluding carboxylic acids is 2. The standard InChI is InChI=1S/C20H22O6/c1-3-23-12-13-25-17-10-8-15(9-11-17)20(22)26-18-7-5-6-16(14-18)19(21)24-4-2/h5-11,14H,3-4,12-13H2,1-2H3. The lowest BCUT2D eigenvalue weighted by molar-refractivity contribution is 0.0524. The Balaban J connectivity index is 1.95. The fourth-order valence-electron chi connectivity index (χ4n) is 2.12. The Kier molecular flexibility index (Phi) is 7.64. The largest absolute Gasteiger partial charge is 0.491 e. The average molecular weight is 358 g/mol. The van der Waals surface area contributed by atoms with Gasteiger partial charge in [-0.2, -0.15) is 0 Å². The Morgan fingerprint density at radius 1 is 0.808 bits per heavy atom. The van der Waals surface area contributed by atoms with Crippen LogP contribution in [0.5, 0.6) is 11.5 Å². The van der Waals surface area contributed by atoms with Gasteiger partial charge in [0, 0.05) is 6.61 Å². The van der Waals surface area contributed by atoms with Crippen molar-refractivity contribution in [2.24, 2.45) is 0 Å². The molecule has 0 atom stereocenters. The molecule has 0 aliphatic heterocycles. The minimum Gasteiger partial charge on any atom is -0.491 e. The minimum atomic E-state index is -0.521. The van der Waals surface area contributed by atoms with Gasteiger partial charge >= 0.3 is 11.9 Å². The highest BCUT2D eigenvalue weighted by Crippen LogP contribution is 2.18. The Hall–Kier alpha value is -2.86. The molecule has 0 aliphatic rings. The van der Waals surface area contributed by atoms with E-state index in [0.717, 1.165) is 0 Å². The van der Waals surface area contributed by atoms with E-state index in [1.54, 1.807) is 49.4 Å². The van der Waals surface area contributed by atoms with Crippen molar-refractivity contribution in [1.82, 2.24) is 0 Å². The lowest BCUT2D eigenvalue weighted by Crippen LogP contribution is -2.10. The van der Waals surface area contributed by atoms with Crippen molar-refractivity contribution in [3.8, 4) is 11.5 Å². The molecule has 2 aromatic carbocycles. The molecule has 2 aromatic rings. The second-order valence-electron chi connectivity index (χ2n) is 5.21. The number of esters is 2. The average Bonchev–Trinajstić information content (AvgIpc) is 2.66. The van der Waals surface area contributed by atoms with E-state index in [1.165, 1.54) is 6.07 Å². The Labute approximate surface area is 152 Å². The van der Waals surface area contributed by atoms with Crippen molar-refractivity contribution in [2.75, 3.05) is 26.4 Å². The van der Waals surface area contributed by atoms with Crippen LogP contribution >= 0.6 is 0 Å². The van der Waals surface area contributed by atoms with Gasteiger partial charge in [0.2, 0.25) is 0 Å². The summed E-state index contributed by atoms with van der Waals surface area (Å²) in [5, 5.41) is 0. The quantitative estimate of drug-likeness (QED) is 0.388. The van der Waals surface area contributed by atoms with E-state index < -0.39 is 11.9 Å². The number of hydrogen-bond acceptors (Lipinski definition) is 6. The zero-order chi connectivity index (χ0) is 18.8. The molecule has 138 valence electrons. The smallest absolute Gasteiger partial charge is 0.343 e. The molecule has 0 saturated heterocycles. The van der Waals surface area contributed by atoms with Crippen LogP contribution in [0, 0.1) is 0 Å². The summed E-state index contributed by atoms with van der Waals surface area (Å²) in [7, 11) is 0. The van der Waals surface area contributed by atoms with Gasteiger partial charge in [-0.15, -0.1) is 0 Å². The molecule has 0 bridgehead atoms. The third kappa shape index (κ3) is 5.89. The fraction of sp³-hybridized carbons (Fsp3) is 0.300. The van der Waals surface area contributed by atoms with Crippen molar-refractivity contribution < 1.29 is 28.5 Å². The molecule has 6 heteroatoms. The maximum Gasteiger partial charge on any atom is 0.343 e. The van der Waals surface area contributed by atoms with Crippen LogP contribution in [-0.2, 0) is 9.47 Å². The van der Waals surface area contributed by atoms with E-state index in [0.29, 0.717) is 36.7 Å². The summed E-state index contributed by atoms with van der Waals surface area (Å²) in [5.41, 5.74) is 0.707. The van der Waals surface area contributed by atoms with Gasteiger partial charge in [0.1, 0.15) is 18.1 Å². The van der Waals surface area contributed by atoms with E-state index in [9.17, 15) is 9.59 Å². The van der Waals surface area contributed by atoms with Crippen molar-refractivity contribution in [1.29, 1.82) is 0 Å². The van der Waals surface area contributed by atoms with Gasteiger partial charge in [0.25, 0.3) is 0 Å². The summed E-state index contributed by atoms with van der Waals surface area (Å²) in [5.74, 6) is -0.0611. The molecule has 0 radical (unpaired) electrons. The van der Waals surface area contributed by atoms with E-state index >= 15 is 0 Å². The van der Waals surface area contributed by atoms with Crippen molar-refractivity contribution in [3.63, 3.8) is 0 Å². The first kappa shape index (κ1) is 19.5. The molecular weight excluding hydrogens is 336 g/mol. The van der Waals surface area contributed by atoms with E-state index in [4.69, 9.17) is 18.9 Å². The van der Waals surface area contributed by atoms with Crippen molar-refractivity contribution in [2.45, 2.75) is 13.8 Å². The molecule has 0 spiro atoms. The van der Waals surface area contributed by atoms with Gasteiger partial charge in [0.15, 0.2) is 0 Å². The van der Waals surface area contributed by atoms with Crippen LogP contribution in [0.15, 0.2) is 48.5 Å². The monoisotopic (exact) mass is 358 g/mol. The third-order valence-electron chi connectivity index (χ3n) is 3.35. The van der Waals surface area contributed by atoms with Gasteiger partial charge in [-0.3, -0.25) is 0 Å². The highest BCUT2D eigenvalue weighted by Gasteiger charge is 2.12. The SMILES string of the molecule is CCOCCOc1ccc(C(=O)Oc2cccc(C(=O)OCC)c2)cc1. The van der Waals surface area contributed by atoms with Gasteiger partial charge < -0.3 is 18.9 Å². The zero-order valence-corrected chi connectivity index (χ0v) is 14.9. The minimum absolute atomic E-state index is 0.276. The predicted octanol–water partition coefficient (Wildman–Crippen LogP) is 3.50. The normalized spacial score (nSPS) is 10.2. The molecular formula is C20H22O6. The van der Waals surface area contributed by atoms with Gasteiger partial charge in [-0.05, 0) is 56.3 Å². The summed E-state index contributed by atoms with van der Waals surface area (Å²) < 4.78 is 20.9. The summed E-state index contributed by atoms with van der Waals surface area (Å²) in [4.78, 5) is 24.0. The first-order valence-corrected chi connectivity index (χ1v) is 8.44. The maximum atomic E-state index is 12.2. The van der Waals surface area contributed by atoms with Crippen LogP contribution in [0.1, 0.15) is 34.6 Å². The van der Waals surface area contributed by atoms with E-state index in [-0.39, 0.29) is 12.4 Å². The summed E-state index contributed by atoms with van der Waals surface area (Å²) in [6.07, 6.45) is 0. The topological polar surface area (TPSA) is 71.1 Å². The number of hydrogen-bond donors (Lipinski definition) is 0. The second kappa shape index (κ2) is 10.2. The van der Waals surface area contributed by atoms with Crippen LogP contribution in [0.25, 0.3) is 0 Å². The van der Waals surface area contributed by atoms with Gasteiger partial charge in [0.05, 0.1) is 24.3 Å². The van der Waals surface area contributed by atoms with Gasteiger partial charge in [-0.25, -0.2) is 9.59 Å². The highest BCUT2D eigenvalue weighted by molar-refractivity contribution is 5.92. The first-order chi connectivity index (χ1) is 12.6. The van der Waals surface area contributed by atoms with Crippen LogP contribution < -0.4 is 9.47 Å². The van der Waals surface area contributed by atoms with Crippen molar-refractivity contribution >= 4 is 11.9 Å². The summed E-state index contributed by atoms with van der Waals surface area (Å²) in [6.45, 7) is 5.53. The Morgan fingerprint density at radius 2 is 1.58 bits per heavy atom. The van der Waals surface area contributed by atoms with E-state index in [1.807, 2.05) is 6.92 Å². The second-order valence-corrected chi connectivity index (χ2v) is 5.21. The zero-order valence-electron chi connectivity index (χ0n) is 14.9. The molecule has 0 fully saturated rings. The van der Waals surface area contributed by atoms with E-state index in [2.05, 4.69) is 0 Å². The third-order valence-corrected chi connectivity index (χ3v) is 3.35. The van der Waals surface area contributed by atoms with Crippen molar-refractivity contribution in [3.05, 3.63) is 59.7 Å². The molecule has 26 heavy (non-hydrogen) atoms. The summed E-state index contributed by atoms with van der Waals surface area (Å²) in [6, 6.07) is 12.9. The molecule has 0 N–H and O–H groups in total. The number of rotatable bonds is 9. The first-order valence-electron chi connectivity index (χ1n) is 8.44. The lowest BCUT2D eigenvalue weighted by atomic mass is 10.2. The molecule has 0 aliphatic carbocycles. The molecule has 0 saturated carbocycles. The van der Waals surface area contributed by atoms with Crippen LogP contribution in [0.3, 0.4) is 0 Å². The predicted molar refractivity (Wildman–Crippen MR) is 95.8 cm³/mol. The van der Waals surface area contributed by atoms with Crippen LogP contribution in [0.4, 0.5) is 0 Å². The number of benzene rings is 2. The molecule has 0 unspecified atom stereocenters.